The van der Waals surface area contributed by atoms with Gasteiger partial charge in [0.15, 0.2) is 0 Å². The molecule has 1 aliphatic rings. The summed E-state index contributed by atoms with van der Waals surface area (Å²) in [6.07, 6.45) is 0. The van der Waals surface area contributed by atoms with Crippen LogP contribution in [0.25, 0.3) is 27.8 Å². The Morgan fingerprint density at radius 2 is 1.65 bits per heavy atom. The monoisotopic (exact) mass is 493 g/mol. The first-order chi connectivity index (χ1) is 17.8. The molecule has 1 unspecified atom stereocenters. The normalized spacial score (nSPS) is 14.2. The summed E-state index contributed by atoms with van der Waals surface area (Å²) in [5.41, 5.74) is 5.13. The standard InChI is InChI=1S/C28H23N5O4/c1-16-11-13-17(14-12-16)24-22-25(30(2)28(35)31(3)27(22)34)26-23(18-7-6-8-19(15-18)33(36)37)29-20-9-4-5-10-21(20)32(24)26/h4-15,23,29H,1-3H3. The van der Waals surface area contributed by atoms with E-state index < -0.39 is 22.2 Å². The van der Waals surface area contributed by atoms with Crippen molar-refractivity contribution < 1.29 is 4.92 Å². The Morgan fingerprint density at radius 3 is 2.38 bits per heavy atom. The van der Waals surface area contributed by atoms with E-state index >= 15 is 0 Å². The molecule has 0 saturated heterocycles. The summed E-state index contributed by atoms with van der Waals surface area (Å²) >= 11 is 0. The lowest BCUT2D eigenvalue weighted by atomic mass is 9.99. The van der Waals surface area contributed by atoms with Crippen LogP contribution in [0.15, 0.2) is 82.4 Å². The van der Waals surface area contributed by atoms with Gasteiger partial charge >= 0.3 is 5.69 Å². The van der Waals surface area contributed by atoms with Crippen molar-refractivity contribution in [2.24, 2.45) is 14.1 Å². The number of hydrogen-bond donors (Lipinski definition) is 1. The average molecular weight is 494 g/mol. The zero-order valence-corrected chi connectivity index (χ0v) is 20.4. The van der Waals surface area contributed by atoms with E-state index in [0.717, 1.165) is 27.1 Å². The molecule has 3 aromatic carbocycles. The quantitative estimate of drug-likeness (QED) is 0.296. The summed E-state index contributed by atoms with van der Waals surface area (Å²) in [4.78, 5) is 38.0. The number of aromatic nitrogens is 3. The molecule has 0 saturated carbocycles. The lowest BCUT2D eigenvalue weighted by Crippen LogP contribution is -2.37. The second-order valence-electron chi connectivity index (χ2n) is 9.31. The topological polar surface area (TPSA) is 104 Å². The van der Waals surface area contributed by atoms with E-state index in [2.05, 4.69) is 5.32 Å². The van der Waals surface area contributed by atoms with Gasteiger partial charge in [-0.15, -0.1) is 0 Å². The minimum Gasteiger partial charge on any atom is -0.371 e. The van der Waals surface area contributed by atoms with Crippen molar-refractivity contribution >= 4 is 22.3 Å². The highest BCUT2D eigenvalue weighted by Gasteiger charge is 2.35. The van der Waals surface area contributed by atoms with Gasteiger partial charge in [0, 0.05) is 26.2 Å². The zero-order valence-electron chi connectivity index (χ0n) is 20.4. The summed E-state index contributed by atoms with van der Waals surface area (Å²) in [7, 11) is 3.12. The molecule has 0 bridgehead atoms. The summed E-state index contributed by atoms with van der Waals surface area (Å²) in [6.45, 7) is 2.00. The number of anilines is 1. The fourth-order valence-corrected chi connectivity index (χ4v) is 5.27. The SMILES string of the molecule is Cc1ccc(-c2c3c(=O)n(C)c(=O)n(C)c3c3n2-c2ccccc2NC3c2cccc([N+](=O)[O-])c2)cc1. The molecule has 1 aliphatic heterocycles. The molecule has 37 heavy (non-hydrogen) atoms. The Morgan fingerprint density at radius 1 is 0.919 bits per heavy atom. The van der Waals surface area contributed by atoms with Crippen LogP contribution in [0.4, 0.5) is 11.4 Å². The largest absolute Gasteiger partial charge is 0.371 e. The molecule has 1 atom stereocenters. The Labute approximate surface area is 211 Å². The number of nitrogens with zero attached hydrogens (tertiary/aromatic N) is 4. The molecule has 9 nitrogen and oxygen atoms in total. The molecule has 6 rings (SSSR count). The number of nitro groups is 1. The molecule has 5 aromatic rings. The predicted molar refractivity (Wildman–Crippen MR) is 142 cm³/mol. The minimum atomic E-state index is -0.561. The number of benzene rings is 3. The van der Waals surface area contributed by atoms with Crippen molar-refractivity contribution in [1.29, 1.82) is 0 Å². The second-order valence-corrected chi connectivity index (χ2v) is 9.31. The molecule has 0 radical (unpaired) electrons. The first kappa shape index (κ1) is 22.5. The van der Waals surface area contributed by atoms with Crippen molar-refractivity contribution in [2.75, 3.05) is 5.32 Å². The van der Waals surface area contributed by atoms with Crippen molar-refractivity contribution in [3.63, 3.8) is 0 Å². The van der Waals surface area contributed by atoms with Gasteiger partial charge in [0.2, 0.25) is 0 Å². The number of hydrogen-bond acceptors (Lipinski definition) is 5. The van der Waals surface area contributed by atoms with Crippen LogP contribution < -0.4 is 16.6 Å². The summed E-state index contributed by atoms with van der Waals surface area (Å²) in [5, 5.41) is 15.5. The molecule has 1 N–H and O–H groups in total. The van der Waals surface area contributed by atoms with E-state index in [1.807, 2.05) is 66.1 Å². The third kappa shape index (κ3) is 3.24. The van der Waals surface area contributed by atoms with Crippen LogP contribution in [-0.2, 0) is 14.1 Å². The molecule has 9 heteroatoms. The Hall–Kier alpha value is -4.92. The lowest BCUT2D eigenvalue weighted by molar-refractivity contribution is -0.384. The molecule has 184 valence electrons. The highest BCUT2D eigenvalue weighted by Crippen LogP contribution is 2.45. The maximum Gasteiger partial charge on any atom is 0.331 e. The van der Waals surface area contributed by atoms with E-state index in [4.69, 9.17) is 0 Å². The minimum absolute atomic E-state index is 0.0378. The van der Waals surface area contributed by atoms with Gasteiger partial charge < -0.3 is 9.88 Å². The average Bonchev–Trinajstić information content (AvgIpc) is 3.27. The molecule has 0 aliphatic carbocycles. The van der Waals surface area contributed by atoms with E-state index in [0.29, 0.717) is 27.9 Å². The van der Waals surface area contributed by atoms with Crippen LogP contribution >= 0.6 is 0 Å². The number of rotatable bonds is 3. The Kier molecular flexibility index (Phi) is 4.91. The third-order valence-corrected chi connectivity index (χ3v) is 7.07. The molecule has 3 heterocycles. The van der Waals surface area contributed by atoms with Gasteiger partial charge in [-0.2, -0.15) is 0 Å². The summed E-state index contributed by atoms with van der Waals surface area (Å²) in [5.74, 6) is 0. The van der Waals surface area contributed by atoms with Gasteiger partial charge in [0.05, 0.1) is 44.6 Å². The zero-order chi connectivity index (χ0) is 26.0. The van der Waals surface area contributed by atoms with Gasteiger partial charge in [-0.1, -0.05) is 54.1 Å². The third-order valence-electron chi connectivity index (χ3n) is 7.07. The van der Waals surface area contributed by atoms with Crippen LogP contribution in [0, 0.1) is 17.0 Å². The number of nitro benzene ring substituents is 1. The number of nitrogens with one attached hydrogen (secondary N) is 1. The van der Waals surface area contributed by atoms with Gasteiger partial charge in [0.25, 0.3) is 11.2 Å². The Balaban J connectivity index is 1.83. The van der Waals surface area contributed by atoms with E-state index in [-0.39, 0.29) is 5.69 Å². The lowest BCUT2D eigenvalue weighted by Gasteiger charge is -2.31. The highest BCUT2D eigenvalue weighted by atomic mass is 16.6. The molecule has 2 aromatic heterocycles. The van der Waals surface area contributed by atoms with Crippen LogP contribution in [0.3, 0.4) is 0 Å². The Bertz CT molecular complexity index is 1860. The maximum atomic E-state index is 13.7. The molecule has 0 fully saturated rings. The molecular formula is C28H23N5O4. The van der Waals surface area contributed by atoms with E-state index in [1.54, 1.807) is 13.1 Å². The molecular weight excluding hydrogens is 470 g/mol. The summed E-state index contributed by atoms with van der Waals surface area (Å²) < 4.78 is 4.62. The fraction of sp³-hybridized carbons (Fsp3) is 0.143. The van der Waals surface area contributed by atoms with Crippen molar-refractivity contribution in [3.05, 3.63) is 121 Å². The van der Waals surface area contributed by atoms with Crippen molar-refractivity contribution in [2.45, 2.75) is 13.0 Å². The number of aryl methyl sites for hydroxylation is 2. The van der Waals surface area contributed by atoms with Gasteiger partial charge in [-0.25, -0.2) is 4.79 Å². The van der Waals surface area contributed by atoms with Crippen molar-refractivity contribution in [3.8, 4) is 16.9 Å². The summed E-state index contributed by atoms with van der Waals surface area (Å²) in [6, 6.07) is 21.5. The second kappa shape index (κ2) is 8.06. The first-order valence-corrected chi connectivity index (χ1v) is 11.8. The molecule has 0 spiro atoms. The fourth-order valence-electron chi connectivity index (χ4n) is 5.27. The van der Waals surface area contributed by atoms with Gasteiger partial charge in [0.1, 0.15) is 0 Å². The number of para-hydroxylation sites is 2. The smallest absolute Gasteiger partial charge is 0.331 e. The van der Waals surface area contributed by atoms with Crippen LogP contribution in [0.1, 0.15) is 22.9 Å². The van der Waals surface area contributed by atoms with Crippen LogP contribution in [-0.4, -0.2) is 18.6 Å². The highest BCUT2D eigenvalue weighted by molar-refractivity contribution is 5.99. The predicted octanol–water partition coefficient (Wildman–Crippen LogP) is 4.43. The van der Waals surface area contributed by atoms with Gasteiger partial charge in [-0.3, -0.25) is 24.0 Å². The number of fused-ring (bicyclic) bond motifs is 5. The first-order valence-electron chi connectivity index (χ1n) is 11.8. The van der Waals surface area contributed by atoms with Crippen LogP contribution in [0.5, 0.6) is 0 Å². The molecule has 0 amide bonds. The number of non-ortho nitro benzene ring substituents is 1. The van der Waals surface area contributed by atoms with E-state index in [9.17, 15) is 19.7 Å². The maximum absolute atomic E-state index is 13.7. The van der Waals surface area contributed by atoms with E-state index in [1.165, 1.54) is 23.7 Å². The van der Waals surface area contributed by atoms with Gasteiger partial charge in [-0.05, 0) is 30.2 Å². The van der Waals surface area contributed by atoms with Crippen molar-refractivity contribution in [1.82, 2.24) is 13.7 Å². The van der Waals surface area contributed by atoms with Crippen LogP contribution in [0.2, 0.25) is 0 Å².